The molecule has 114 valence electrons. The number of anilines is 1. The quantitative estimate of drug-likeness (QED) is 0.847. The molecule has 0 aliphatic heterocycles. The molecule has 4 heteroatoms. The van der Waals surface area contributed by atoms with Gasteiger partial charge in [0.05, 0.1) is 6.54 Å². The average molecular weight is 288 g/mol. The SMILES string of the molecule is CN(C)CC(=O)c1ccc(NC(=O)C2CCCCC2)cc1. The van der Waals surface area contributed by atoms with Crippen molar-refractivity contribution in [1.82, 2.24) is 4.90 Å². The Hall–Kier alpha value is -1.68. The molecule has 21 heavy (non-hydrogen) atoms. The van der Waals surface area contributed by atoms with Crippen LogP contribution in [0, 0.1) is 5.92 Å². The maximum atomic E-state index is 12.1. The minimum Gasteiger partial charge on any atom is -0.326 e. The van der Waals surface area contributed by atoms with Crippen LogP contribution in [0.5, 0.6) is 0 Å². The molecule has 4 nitrogen and oxygen atoms in total. The van der Waals surface area contributed by atoms with Gasteiger partial charge in [0.25, 0.3) is 0 Å². The Morgan fingerprint density at radius 1 is 1.10 bits per heavy atom. The maximum absolute atomic E-state index is 12.1. The Morgan fingerprint density at radius 3 is 2.29 bits per heavy atom. The molecule has 1 aliphatic carbocycles. The van der Waals surface area contributed by atoms with Crippen LogP contribution in [0.1, 0.15) is 42.5 Å². The third-order valence-corrected chi connectivity index (χ3v) is 3.91. The normalized spacial score (nSPS) is 16.0. The number of hydrogen-bond acceptors (Lipinski definition) is 3. The number of amides is 1. The summed E-state index contributed by atoms with van der Waals surface area (Å²) in [6.07, 6.45) is 5.52. The lowest BCUT2D eigenvalue weighted by Gasteiger charge is -2.20. The van der Waals surface area contributed by atoms with Gasteiger partial charge in [-0.15, -0.1) is 0 Å². The molecular formula is C17H24N2O2. The molecule has 1 fully saturated rings. The van der Waals surface area contributed by atoms with E-state index >= 15 is 0 Å². The molecule has 0 bridgehead atoms. The first-order valence-electron chi connectivity index (χ1n) is 7.65. The van der Waals surface area contributed by atoms with E-state index in [0.29, 0.717) is 12.1 Å². The summed E-state index contributed by atoms with van der Waals surface area (Å²) in [6, 6.07) is 7.18. The summed E-state index contributed by atoms with van der Waals surface area (Å²) in [5.74, 6) is 0.348. The largest absolute Gasteiger partial charge is 0.326 e. The summed E-state index contributed by atoms with van der Waals surface area (Å²) in [5, 5.41) is 2.96. The summed E-state index contributed by atoms with van der Waals surface area (Å²) in [6.45, 7) is 0.397. The summed E-state index contributed by atoms with van der Waals surface area (Å²) >= 11 is 0. The third-order valence-electron chi connectivity index (χ3n) is 3.91. The molecule has 1 aromatic carbocycles. The smallest absolute Gasteiger partial charge is 0.227 e. The molecule has 1 N–H and O–H groups in total. The summed E-state index contributed by atoms with van der Waals surface area (Å²) in [4.78, 5) is 25.9. The van der Waals surface area contributed by atoms with Gasteiger partial charge < -0.3 is 10.2 Å². The van der Waals surface area contributed by atoms with Crippen molar-refractivity contribution in [2.75, 3.05) is 26.0 Å². The zero-order valence-corrected chi connectivity index (χ0v) is 12.9. The van der Waals surface area contributed by atoms with E-state index < -0.39 is 0 Å². The van der Waals surface area contributed by atoms with Crippen LogP contribution in [0.4, 0.5) is 5.69 Å². The van der Waals surface area contributed by atoms with Crippen molar-refractivity contribution in [3.8, 4) is 0 Å². The van der Waals surface area contributed by atoms with Crippen LogP contribution in [0.3, 0.4) is 0 Å². The summed E-state index contributed by atoms with van der Waals surface area (Å²) in [7, 11) is 3.74. The second-order valence-corrected chi connectivity index (χ2v) is 6.06. The zero-order valence-electron chi connectivity index (χ0n) is 12.9. The molecule has 1 aromatic rings. The van der Waals surface area contributed by atoms with Gasteiger partial charge in [-0.1, -0.05) is 19.3 Å². The summed E-state index contributed by atoms with van der Waals surface area (Å²) < 4.78 is 0. The van der Waals surface area contributed by atoms with Gasteiger partial charge in [-0.25, -0.2) is 0 Å². The molecule has 0 unspecified atom stereocenters. The number of hydrogen-bond donors (Lipinski definition) is 1. The van der Waals surface area contributed by atoms with Gasteiger partial charge in [0.2, 0.25) is 5.91 Å². The lowest BCUT2D eigenvalue weighted by molar-refractivity contribution is -0.120. The predicted octanol–water partition coefficient (Wildman–Crippen LogP) is 2.95. The van der Waals surface area contributed by atoms with E-state index in [-0.39, 0.29) is 17.6 Å². The van der Waals surface area contributed by atoms with Crippen LogP contribution in [-0.4, -0.2) is 37.2 Å². The van der Waals surface area contributed by atoms with E-state index in [1.807, 2.05) is 31.1 Å². The van der Waals surface area contributed by atoms with E-state index in [1.165, 1.54) is 6.42 Å². The van der Waals surface area contributed by atoms with Crippen LogP contribution < -0.4 is 5.32 Å². The monoisotopic (exact) mass is 288 g/mol. The molecule has 2 rings (SSSR count). The van der Waals surface area contributed by atoms with Crippen molar-refractivity contribution in [2.45, 2.75) is 32.1 Å². The average Bonchev–Trinajstić information content (AvgIpc) is 2.48. The van der Waals surface area contributed by atoms with E-state index in [4.69, 9.17) is 0 Å². The van der Waals surface area contributed by atoms with Crippen LogP contribution >= 0.6 is 0 Å². The molecule has 0 heterocycles. The predicted molar refractivity (Wildman–Crippen MR) is 84.5 cm³/mol. The van der Waals surface area contributed by atoms with Crippen molar-refractivity contribution in [3.05, 3.63) is 29.8 Å². The highest BCUT2D eigenvalue weighted by molar-refractivity contribution is 5.98. The van der Waals surface area contributed by atoms with Gasteiger partial charge in [0.1, 0.15) is 0 Å². The van der Waals surface area contributed by atoms with Gasteiger partial charge in [-0.3, -0.25) is 9.59 Å². The lowest BCUT2D eigenvalue weighted by atomic mass is 9.88. The van der Waals surface area contributed by atoms with Crippen LogP contribution in [0.15, 0.2) is 24.3 Å². The topological polar surface area (TPSA) is 49.4 Å². The standard InChI is InChI=1S/C17H24N2O2/c1-19(2)12-16(20)13-8-10-15(11-9-13)18-17(21)14-6-4-3-5-7-14/h8-11,14H,3-7,12H2,1-2H3,(H,18,21). The van der Waals surface area contributed by atoms with Gasteiger partial charge in [-0.05, 0) is 51.2 Å². The number of benzene rings is 1. The Kier molecular flexibility index (Phi) is 5.51. The van der Waals surface area contributed by atoms with Crippen molar-refractivity contribution >= 4 is 17.4 Å². The zero-order chi connectivity index (χ0) is 15.2. The maximum Gasteiger partial charge on any atom is 0.227 e. The number of carbonyl (C=O) groups is 2. The van der Waals surface area contributed by atoms with Crippen LogP contribution in [0.25, 0.3) is 0 Å². The molecular weight excluding hydrogens is 264 g/mol. The van der Waals surface area contributed by atoms with Gasteiger partial charge in [-0.2, -0.15) is 0 Å². The Balaban J connectivity index is 1.92. The van der Waals surface area contributed by atoms with Crippen molar-refractivity contribution in [2.24, 2.45) is 5.92 Å². The fraction of sp³-hybridized carbons (Fsp3) is 0.529. The minimum absolute atomic E-state index is 0.0881. The lowest BCUT2D eigenvalue weighted by Crippen LogP contribution is -2.24. The van der Waals surface area contributed by atoms with Gasteiger partial charge >= 0.3 is 0 Å². The number of Topliss-reactive ketones (excluding diaryl/α,β-unsaturated/α-hetero) is 1. The Bertz CT molecular complexity index is 488. The summed E-state index contributed by atoms with van der Waals surface area (Å²) in [5.41, 5.74) is 1.45. The van der Waals surface area contributed by atoms with E-state index in [9.17, 15) is 9.59 Å². The molecule has 0 aromatic heterocycles. The fourth-order valence-corrected chi connectivity index (χ4v) is 2.73. The first-order chi connectivity index (χ1) is 10.1. The van der Waals surface area contributed by atoms with Crippen molar-refractivity contribution in [1.29, 1.82) is 0 Å². The molecule has 0 radical (unpaired) electrons. The first-order valence-corrected chi connectivity index (χ1v) is 7.65. The second kappa shape index (κ2) is 7.36. The van der Waals surface area contributed by atoms with E-state index in [2.05, 4.69) is 5.32 Å². The van der Waals surface area contributed by atoms with Crippen molar-refractivity contribution in [3.63, 3.8) is 0 Å². The van der Waals surface area contributed by atoms with Crippen LogP contribution in [-0.2, 0) is 4.79 Å². The number of rotatable bonds is 5. The molecule has 0 spiro atoms. The number of carbonyl (C=O) groups excluding carboxylic acids is 2. The highest BCUT2D eigenvalue weighted by Gasteiger charge is 2.21. The Morgan fingerprint density at radius 2 is 1.71 bits per heavy atom. The van der Waals surface area contributed by atoms with Crippen molar-refractivity contribution < 1.29 is 9.59 Å². The second-order valence-electron chi connectivity index (χ2n) is 6.06. The number of nitrogens with one attached hydrogen (secondary N) is 1. The first kappa shape index (κ1) is 15.7. The highest BCUT2D eigenvalue weighted by Crippen LogP contribution is 2.25. The fourth-order valence-electron chi connectivity index (χ4n) is 2.73. The number of likely N-dealkylation sites (N-methyl/N-ethyl adjacent to an activating group) is 1. The molecule has 1 amide bonds. The molecule has 1 saturated carbocycles. The minimum atomic E-state index is 0.0881. The van der Waals surface area contributed by atoms with Crippen LogP contribution in [0.2, 0.25) is 0 Å². The van der Waals surface area contributed by atoms with Gasteiger partial charge in [0.15, 0.2) is 5.78 Å². The highest BCUT2D eigenvalue weighted by atomic mass is 16.2. The third kappa shape index (κ3) is 4.67. The Labute approximate surface area is 126 Å². The number of ketones is 1. The molecule has 0 atom stereocenters. The van der Waals surface area contributed by atoms with E-state index in [0.717, 1.165) is 31.4 Å². The van der Waals surface area contributed by atoms with E-state index in [1.54, 1.807) is 12.1 Å². The van der Waals surface area contributed by atoms with Gasteiger partial charge in [0, 0.05) is 17.2 Å². The molecule has 1 aliphatic rings. The number of nitrogens with zero attached hydrogens (tertiary/aromatic N) is 1. The molecule has 0 saturated heterocycles.